The number of benzene rings is 2. The van der Waals surface area contributed by atoms with Gasteiger partial charge in [-0.05, 0) is 38.5 Å². The van der Waals surface area contributed by atoms with Crippen LogP contribution in [0.2, 0.25) is 0 Å². The second-order valence-electron chi connectivity index (χ2n) is 6.73. The second kappa shape index (κ2) is 8.04. The maximum atomic E-state index is 12.5. The highest BCUT2D eigenvalue weighted by Crippen LogP contribution is 2.19. The highest BCUT2D eigenvalue weighted by molar-refractivity contribution is 5.94. The lowest BCUT2D eigenvalue weighted by atomic mass is 10.1. The smallest absolute Gasteiger partial charge is 0.272 e. The van der Waals surface area contributed by atoms with E-state index < -0.39 is 4.92 Å². The third kappa shape index (κ3) is 4.09. The molecule has 0 saturated carbocycles. The molecule has 7 heteroatoms. The van der Waals surface area contributed by atoms with Crippen LogP contribution in [0, 0.1) is 30.9 Å². The van der Waals surface area contributed by atoms with Crippen molar-refractivity contribution in [3.8, 4) is 0 Å². The molecular weight excluding hydrogens is 356 g/mol. The molecule has 1 N–H and O–H groups in total. The van der Waals surface area contributed by atoms with Gasteiger partial charge in [0.05, 0.1) is 17.2 Å². The summed E-state index contributed by atoms with van der Waals surface area (Å²) in [5, 5.41) is 18.4. The molecule has 0 aliphatic carbocycles. The van der Waals surface area contributed by atoms with E-state index in [1.54, 1.807) is 6.92 Å². The third-order valence-electron chi connectivity index (χ3n) is 4.79. The monoisotopic (exact) mass is 378 g/mol. The van der Waals surface area contributed by atoms with Gasteiger partial charge < -0.3 is 5.32 Å². The Morgan fingerprint density at radius 1 is 1.14 bits per heavy atom. The van der Waals surface area contributed by atoms with Crippen LogP contribution in [-0.2, 0) is 13.1 Å². The fraction of sp³-hybridized carbons (Fsp3) is 0.238. The predicted molar refractivity (Wildman–Crippen MR) is 106 cm³/mol. The molecule has 0 aliphatic heterocycles. The van der Waals surface area contributed by atoms with Crippen LogP contribution in [-0.4, -0.2) is 20.6 Å². The Morgan fingerprint density at radius 2 is 1.86 bits per heavy atom. The van der Waals surface area contributed by atoms with Crippen LogP contribution in [0.4, 0.5) is 5.69 Å². The lowest BCUT2D eigenvalue weighted by Crippen LogP contribution is -2.23. The Labute approximate surface area is 163 Å². The average Bonchev–Trinajstić information content (AvgIpc) is 2.93. The van der Waals surface area contributed by atoms with Crippen LogP contribution in [0.1, 0.15) is 38.4 Å². The van der Waals surface area contributed by atoms with Crippen LogP contribution in [0.25, 0.3) is 0 Å². The van der Waals surface area contributed by atoms with Gasteiger partial charge in [-0.15, -0.1) is 0 Å². The molecular formula is C21H22N4O3. The van der Waals surface area contributed by atoms with Crippen molar-refractivity contribution in [2.75, 3.05) is 0 Å². The summed E-state index contributed by atoms with van der Waals surface area (Å²) in [7, 11) is 0. The van der Waals surface area contributed by atoms with Gasteiger partial charge in [-0.2, -0.15) is 5.10 Å². The van der Waals surface area contributed by atoms with Gasteiger partial charge in [0.2, 0.25) is 0 Å². The highest BCUT2D eigenvalue weighted by Gasteiger charge is 2.16. The number of aromatic nitrogens is 2. The second-order valence-corrected chi connectivity index (χ2v) is 6.73. The van der Waals surface area contributed by atoms with E-state index in [4.69, 9.17) is 0 Å². The maximum absolute atomic E-state index is 12.5. The van der Waals surface area contributed by atoms with Gasteiger partial charge in [0.25, 0.3) is 11.6 Å². The van der Waals surface area contributed by atoms with Crippen molar-refractivity contribution in [1.82, 2.24) is 15.1 Å². The van der Waals surface area contributed by atoms with Crippen LogP contribution < -0.4 is 5.32 Å². The highest BCUT2D eigenvalue weighted by atomic mass is 16.6. The maximum Gasteiger partial charge on any atom is 0.272 e. The number of nitro groups is 1. The summed E-state index contributed by atoms with van der Waals surface area (Å²) in [4.78, 5) is 22.9. The van der Waals surface area contributed by atoms with Gasteiger partial charge in [0, 0.05) is 35.0 Å². The number of nitrogens with zero attached hydrogens (tertiary/aromatic N) is 3. The summed E-state index contributed by atoms with van der Waals surface area (Å²) in [6.45, 7) is 6.55. The fourth-order valence-electron chi connectivity index (χ4n) is 3.17. The van der Waals surface area contributed by atoms with E-state index in [0.717, 1.165) is 22.5 Å². The van der Waals surface area contributed by atoms with Crippen molar-refractivity contribution >= 4 is 11.6 Å². The molecule has 144 valence electrons. The van der Waals surface area contributed by atoms with Gasteiger partial charge in [0.1, 0.15) is 0 Å². The Morgan fingerprint density at radius 3 is 2.50 bits per heavy atom. The zero-order valence-electron chi connectivity index (χ0n) is 16.1. The number of hydrogen-bond acceptors (Lipinski definition) is 4. The lowest BCUT2D eigenvalue weighted by molar-refractivity contribution is -0.385. The SMILES string of the molecule is Cc1cc(C(=O)NCc2c(C)nn(Cc3ccccc3)c2C)ccc1[N+](=O)[O-]. The van der Waals surface area contributed by atoms with E-state index in [-0.39, 0.29) is 11.6 Å². The lowest BCUT2D eigenvalue weighted by Gasteiger charge is -2.08. The first-order chi connectivity index (χ1) is 13.4. The molecule has 0 radical (unpaired) electrons. The summed E-state index contributed by atoms with van der Waals surface area (Å²) in [6, 6.07) is 14.4. The first kappa shape index (κ1) is 19.3. The first-order valence-electron chi connectivity index (χ1n) is 8.97. The molecule has 0 spiro atoms. The number of carbonyl (C=O) groups is 1. The number of rotatable bonds is 6. The molecule has 1 amide bonds. The van der Waals surface area contributed by atoms with E-state index >= 15 is 0 Å². The minimum Gasteiger partial charge on any atom is -0.348 e. The summed E-state index contributed by atoms with van der Waals surface area (Å²) in [6.07, 6.45) is 0. The molecule has 7 nitrogen and oxygen atoms in total. The van der Waals surface area contributed by atoms with Gasteiger partial charge in [-0.1, -0.05) is 30.3 Å². The fourth-order valence-corrected chi connectivity index (χ4v) is 3.17. The van der Waals surface area contributed by atoms with Crippen molar-refractivity contribution < 1.29 is 9.72 Å². The van der Waals surface area contributed by atoms with Crippen LogP contribution >= 0.6 is 0 Å². The van der Waals surface area contributed by atoms with Crippen molar-refractivity contribution in [3.05, 3.63) is 92.3 Å². The number of nitrogens with one attached hydrogen (secondary N) is 1. The molecule has 0 fully saturated rings. The number of carbonyl (C=O) groups excluding carboxylic acids is 1. The molecule has 28 heavy (non-hydrogen) atoms. The molecule has 3 rings (SSSR count). The third-order valence-corrected chi connectivity index (χ3v) is 4.79. The summed E-state index contributed by atoms with van der Waals surface area (Å²) >= 11 is 0. The van der Waals surface area contributed by atoms with E-state index in [0.29, 0.717) is 24.2 Å². The van der Waals surface area contributed by atoms with E-state index in [1.165, 1.54) is 18.2 Å². The minimum absolute atomic E-state index is 0.00503. The zero-order chi connectivity index (χ0) is 20.3. The van der Waals surface area contributed by atoms with E-state index in [2.05, 4.69) is 22.5 Å². The van der Waals surface area contributed by atoms with Crippen molar-refractivity contribution in [3.63, 3.8) is 0 Å². The largest absolute Gasteiger partial charge is 0.348 e. The quantitative estimate of drug-likeness (QED) is 0.523. The van der Waals surface area contributed by atoms with E-state index in [1.807, 2.05) is 36.7 Å². The molecule has 2 aromatic carbocycles. The van der Waals surface area contributed by atoms with Gasteiger partial charge in [-0.3, -0.25) is 19.6 Å². The van der Waals surface area contributed by atoms with Gasteiger partial charge in [-0.25, -0.2) is 0 Å². The minimum atomic E-state index is -0.454. The van der Waals surface area contributed by atoms with Crippen LogP contribution in [0.3, 0.4) is 0 Å². The Hall–Kier alpha value is -3.48. The molecule has 0 bridgehead atoms. The standard InChI is InChI=1S/C21H22N4O3/c1-14-11-18(9-10-20(14)25(27)28)21(26)22-12-19-15(2)23-24(16(19)3)13-17-7-5-4-6-8-17/h4-11H,12-13H2,1-3H3,(H,22,26). The van der Waals surface area contributed by atoms with E-state index in [9.17, 15) is 14.9 Å². The molecule has 0 atom stereocenters. The molecule has 0 aliphatic rings. The Balaban J connectivity index is 1.71. The van der Waals surface area contributed by atoms with Crippen LogP contribution in [0.15, 0.2) is 48.5 Å². The number of hydrogen-bond donors (Lipinski definition) is 1. The molecule has 3 aromatic rings. The molecule has 0 unspecified atom stereocenters. The predicted octanol–water partition coefficient (Wildman–Crippen LogP) is 3.69. The molecule has 0 saturated heterocycles. The van der Waals surface area contributed by atoms with Crippen LogP contribution in [0.5, 0.6) is 0 Å². The molecule has 1 aromatic heterocycles. The number of amides is 1. The van der Waals surface area contributed by atoms with Gasteiger partial charge in [0.15, 0.2) is 0 Å². The van der Waals surface area contributed by atoms with Gasteiger partial charge >= 0.3 is 0 Å². The van der Waals surface area contributed by atoms with Crippen molar-refractivity contribution in [2.24, 2.45) is 0 Å². The Kier molecular flexibility index (Phi) is 5.54. The summed E-state index contributed by atoms with van der Waals surface area (Å²) < 4.78 is 1.93. The van der Waals surface area contributed by atoms with Crippen molar-refractivity contribution in [2.45, 2.75) is 33.9 Å². The average molecular weight is 378 g/mol. The normalized spacial score (nSPS) is 10.7. The molecule has 1 heterocycles. The summed E-state index contributed by atoms with van der Waals surface area (Å²) in [5.74, 6) is -0.271. The topological polar surface area (TPSA) is 90.1 Å². The number of nitro benzene ring substituents is 1. The zero-order valence-corrected chi connectivity index (χ0v) is 16.1. The number of aryl methyl sites for hydroxylation is 2. The summed E-state index contributed by atoms with van der Waals surface area (Å²) in [5.41, 5.74) is 4.87. The Bertz CT molecular complexity index is 1030. The van der Waals surface area contributed by atoms with Crippen molar-refractivity contribution in [1.29, 1.82) is 0 Å². The first-order valence-corrected chi connectivity index (χ1v) is 8.97.